The van der Waals surface area contributed by atoms with Crippen LogP contribution in [0.15, 0.2) is 42.6 Å². The molecule has 0 saturated carbocycles. The smallest absolute Gasteiger partial charge is 0.377 e. The number of hydrogen-bond acceptors (Lipinski definition) is 6. The molecule has 1 aromatic carbocycles. The molecule has 4 rings (SSSR count). The van der Waals surface area contributed by atoms with Crippen LogP contribution >= 0.6 is 0 Å². The second-order valence-electron chi connectivity index (χ2n) is 9.11. The first-order chi connectivity index (χ1) is 17.1. The molecule has 10 heteroatoms. The van der Waals surface area contributed by atoms with Crippen LogP contribution in [0.2, 0.25) is 0 Å². The van der Waals surface area contributed by atoms with Crippen LogP contribution in [0.25, 0.3) is 11.0 Å². The van der Waals surface area contributed by atoms with Gasteiger partial charge in [-0.05, 0) is 56.6 Å². The van der Waals surface area contributed by atoms with Crippen molar-refractivity contribution in [2.45, 2.75) is 38.6 Å². The lowest BCUT2D eigenvalue weighted by Gasteiger charge is -2.32. The highest BCUT2D eigenvalue weighted by molar-refractivity contribution is 5.85. The van der Waals surface area contributed by atoms with Crippen molar-refractivity contribution in [3.05, 3.63) is 59.4 Å². The van der Waals surface area contributed by atoms with Gasteiger partial charge in [-0.2, -0.15) is 13.2 Å². The van der Waals surface area contributed by atoms with Crippen LogP contribution < -0.4 is 10.6 Å². The van der Waals surface area contributed by atoms with E-state index < -0.39 is 24.0 Å². The minimum atomic E-state index is -4.61. The van der Waals surface area contributed by atoms with Crippen molar-refractivity contribution in [2.24, 2.45) is 5.92 Å². The van der Waals surface area contributed by atoms with Gasteiger partial charge in [0, 0.05) is 37.6 Å². The highest BCUT2D eigenvalue weighted by atomic mass is 19.4. The van der Waals surface area contributed by atoms with Crippen molar-refractivity contribution in [1.82, 2.24) is 20.2 Å². The number of fused-ring (bicyclic) bond motifs is 1. The van der Waals surface area contributed by atoms with Gasteiger partial charge >= 0.3 is 6.18 Å². The van der Waals surface area contributed by atoms with Gasteiger partial charge < -0.3 is 20.3 Å². The monoisotopic (exact) mass is 501 g/mol. The summed E-state index contributed by atoms with van der Waals surface area (Å²) in [6, 6.07) is 7.67. The predicted molar refractivity (Wildman–Crippen MR) is 132 cm³/mol. The number of carbonyl (C=O) groups excluding carboxylic acids is 1. The summed E-state index contributed by atoms with van der Waals surface area (Å²) >= 11 is 0. The maximum absolute atomic E-state index is 14.1. The summed E-state index contributed by atoms with van der Waals surface area (Å²) in [5, 5.41) is 6.28. The summed E-state index contributed by atoms with van der Waals surface area (Å²) in [5.74, 6) is -0.951. The van der Waals surface area contributed by atoms with E-state index in [4.69, 9.17) is 4.74 Å². The normalized spacial score (nSPS) is 17.7. The van der Waals surface area contributed by atoms with E-state index in [1.165, 1.54) is 19.2 Å². The van der Waals surface area contributed by atoms with Crippen LogP contribution in [0.4, 0.5) is 24.5 Å². The number of hydrogen-bond donors (Lipinski definition) is 2. The number of carbonyl (C=O) groups is 1. The van der Waals surface area contributed by atoms with E-state index in [2.05, 4.69) is 20.6 Å². The molecule has 1 unspecified atom stereocenters. The molecular weight excluding hydrogens is 471 g/mol. The summed E-state index contributed by atoms with van der Waals surface area (Å²) in [4.78, 5) is 22.6. The van der Waals surface area contributed by atoms with Gasteiger partial charge in [-0.15, -0.1) is 0 Å². The summed E-state index contributed by atoms with van der Waals surface area (Å²) in [5.41, 5.74) is 4.28. The van der Waals surface area contributed by atoms with E-state index >= 15 is 0 Å². The van der Waals surface area contributed by atoms with Gasteiger partial charge in [-0.1, -0.05) is 12.1 Å². The van der Waals surface area contributed by atoms with Gasteiger partial charge in [0.15, 0.2) is 6.04 Å². The van der Waals surface area contributed by atoms with Gasteiger partial charge in [0.05, 0.1) is 34.9 Å². The van der Waals surface area contributed by atoms with Crippen molar-refractivity contribution >= 4 is 28.3 Å². The maximum Gasteiger partial charge on any atom is 0.413 e. The SMILES string of the molecule is CO[C@@H](C)c1c(Nc2ccc([C@H](N(C)C(=O)C3CCNC3)C(F)(F)F)cc2)cnc2ccc(C)nc12. The van der Waals surface area contributed by atoms with E-state index in [9.17, 15) is 18.0 Å². The molecule has 0 bridgehead atoms. The van der Waals surface area contributed by atoms with Crippen LogP contribution in [-0.4, -0.2) is 54.2 Å². The van der Waals surface area contributed by atoms with Crippen molar-refractivity contribution in [3.63, 3.8) is 0 Å². The average molecular weight is 502 g/mol. The van der Waals surface area contributed by atoms with Crippen molar-refractivity contribution in [3.8, 4) is 0 Å². The summed E-state index contributed by atoms with van der Waals surface area (Å²) in [7, 11) is 2.82. The molecule has 7 nitrogen and oxygen atoms in total. The Bertz CT molecular complexity index is 1230. The molecule has 3 atom stereocenters. The second-order valence-corrected chi connectivity index (χ2v) is 9.11. The van der Waals surface area contributed by atoms with Crippen molar-refractivity contribution in [2.75, 3.05) is 32.6 Å². The Labute approximate surface area is 208 Å². The number of amides is 1. The number of aryl methyl sites for hydroxylation is 1. The van der Waals surface area contributed by atoms with Gasteiger partial charge in [-0.3, -0.25) is 14.8 Å². The molecule has 2 N–H and O–H groups in total. The number of rotatable bonds is 7. The number of pyridine rings is 2. The van der Waals surface area contributed by atoms with E-state index in [1.54, 1.807) is 25.4 Å². The Morgan fingerprint density at radius 3 is 2.56 bits per heavy atom. The zero-order chi connectivity index (χ0) is 26.0. The molecule has 1 saturated heterocycles. The molecular formula is C26H30F3N5O2. The standard InChI is InChI=1S/C26H30F3N5O2/c1-15-5-10-20-23(32-15)22(16(2)36-4)21(14-31-20)33-19-8-6-17(7-9-19)24(26(27,28)29)34(3)25(35)18-11-12-30-13-18/h5-10,14,16,18,24,30,33H,11-13H2,1-4H3/t16-,18?,24-/m0/s1. The third-order valence-electron chi connectivity index (χ3n) is 6.61. The van der Waals surface area contributed by atoms with Crippen molar-refractivity contribution < 1.29 is 22.7 Å². The molecule has 1 amide bonds. The van der Waals surface area contributed by atoms with E-state index in [0.29, 0.717) is 36.4 Å². The molecule has 1 fully saturated rings. The highest BCUT2D eigenvalue weighted by Gasteiger charge is 2.46. The number of alkyl halides is 3. The largest absolute Gasteiger partial charge is 0.413 e. The van der Waals surface area contributed by atoms with Gasteiger partial charge in [0.25, 0.3) is 0 Å². The first-order valence-corrected chi connectivity index (χ1v) is 11.8. The maximum atomic E-state index is 14.1. The predicted octanol–water partition coefficient (Wildman–Crippen LogP) is 5.06. The molecule has 2 aromatic heterocycles. The third-order valence-corrected chi connectivity index (χ3v) is 6.61. The Hall–Kier alpha value is -3.24. The molecule has 0 spiro atoms. The number of aromatic nitrogens is 2. The first kappa shape index (κ1) is 25.8. The topological polar surface area (TPSA) is 79.4 Å². The molecule has 1 aliphatic rings. The molecule has 0 radical (unpaired) electrons. The number of nitrogens with one attached hydrogen (secondary N) is 2. The zero-order valence-electron chi connectivity index (χ0n) is 20.7. The van der Waals surface area contributed by atoms with E-state index in [1.807, 2.05) is 26.0 Å². The molecule has 3 aromatic rings. The number of ether oxygens (including phenoxy) is 1. The van der Waals surface area contributed by atoms with Crippen molar-refractivity contribution in [1.29, 1.82) is 0 Å². The van der Waals surface area contributed by atoms with Crippen LogP contribution in [0.3, 0.4) is 0 Å². The summed E-state index contributed by atoms with van der Waals surface area (Å²) in [6.07, 6.45) is -2.71. The lowest BCUT2D eigenvalue weighted by molar-refractivity contribution is -0.190. The molecule has 0 aliphatic carbocycles. The lowest BCUT2D eigenvalue weighted by Crippen LogP contribution is -2.43. The minimum absolute atomic E-state index is 0.00531. The van der Waals surface area contributed by atoms with Gasteiger partial charge in [0.2, 0.25) is 5.91 Å². The van der Waals surface area contributed by atoms with Crippen LogP contribution in [0, 0.1) is 12.8 Å². The number of methoxy groups -OCH3 is 1. The summed E-state index contributed by atoms with van der Waals surface area (Å²) < 4.78 is 47.7. The summed E-state index contributed by atoms with van der Waals surface area (Å²) in [6.45, 7) is 4.81. The number of halogens is 3. The molecule has 36 heavy (non-hydrogen) atoms. The molecule has 1 aliphatic heterocycles. The number of anilines is 2. The molecule has 192 valence electrons. The van der Waals surface area contributed by atoms with Crippen LogP contribution in [-0.2, 0) is 9.53 Å². The second kappa shape index (κ2) is 10.4. The van der Waals surface area contributed by atoms with E-state index in [-0.39, 0.29) is 11.7 Å². The Balaban J connectivity index is 1.63. The number of nitrogens with zero attached hydrogens (tertiary/aromatic N) is 3. The fourth-order valence-corrected chi connectivity index (χ4v) is 4.63. The fourth-order valence-electron chi connectivity index (χ4n) is 4.63. The lowest BCUT2D eigenvalue weighted by atomic mass is 10.0. The Morgan fingerprint density at radius 1 is 1.22 bits per heavy atom. The quantitative estimate of drug-likeness (QED) is 0.471. The van der Waals surface area contributed by atoms with Crippen LogP contribution in [0.5, 0.6) is 0 Å². The van der Waals surface area contributed by atoms with E-state index in [0.717, 1.165) is 21.7 Å². The first-order valence-electron chi connectivity index (χ1n) is 11.8. The molecule has 3 heterocycles. The van der Waals surface area contributed by atoms with Gasteiger partial charge in [-0.25, -0.2) is 0 Å². The van der Waals surface area contributed by atoms with Crippen LogP contribution in [0.1, 0.15) is 42.3 Å². The zero-order valence-corrected chi connectivity index (χ0v) is 20.7. The fraction of sp³-hybridized carbons (Fsp3) is 0.423. The third kappa shape index (κ3) is 5.29. The average Bonchev–Trinajstić information content (AvgIpc) is 3.38. The minimum Gasteiger partial charge on any atom is -0.377 e. The Morgan fingerprint density at radius 2 is 1.94 bits per heavy atom. The van der Waals surface area contributed by atoms with Gasteiger partial charge in [0.1, 0.15) is 0 Å². The number of benzene rings is 1. The highest BCUT2D eigenvalue weighted by Crippen LogP contribution is 2.39. The Kier molecular flexibility index (Phi) is 7.46.